The molecule has 0 radical (unpaired) electrons. The molecule has 5 heteroatoms. The van der Waals surface area contributed by atoms with E-state index >= 15 is 0 Å². The maximum absolute atomic E-state index is 12.2. The molecule has 1 aliphatic rings. The minimum Gasteiger partial charge on any atom is -0.392 e. The van der Waals surface area contributed by atoms with Crippen LogP contribution in [0.4, 0.5) is 0 Å². The molecule has 0 heterocycles. The van der Waals surface area contributed by atoms with E-state index in [0.717, 1.165) is 19.3 Å². The molecular weight excluding hydrogens is 234 g/mol. The van der Waals surface area contributed by atoms with Crippen LogP contribution in [-0.2, 0) is 4.79 Å². The molecule has 0 saturated heterocycles. The zero-order valence-corrected chi connectivity index (χ0v) is 12.0. The Balaban J connectivity index is 2.58. The number of nitrogens with two attached hydrogens (primary N) is 1. The van der Waals surface area contributed by atoms with Crippen LogP contribution in [0, 0.1) is 5.41 Å². The van der Waals surface area contributed by atoms with Gasteiger partial charge in [-0.15, -0.1) is 0 Å². The summed E-state index contributed by atoms with van der Waals surface area (Å²) < 4.78 is 0. The van der Waals surface area contributed by atoms with Gasteiger partial charge in [-0.25, -0.2) is 0 Å². The maximum Gasteiger partial charge on any atom is 0.233 e. The lowest BCUT2D eigenvalue weighted by Crippen LogP contribution is -2.56. The Bertz CT molecular complexity index is 322. The summed E-state index contributed by atoms with van der Waals surface area (Å²) in [7, 11) is 4.00. The van der Waals surface area contributed by atoms with Crippen LogP contribution in [-0.4, -0.2) is 42.0 Å². The van der Waals surface area contributed by atoms with Crippen molar-refractivity contribution >= 4 is 23.1 Å². The van der Waals surface area contributed by atoms with E-state index in [1.807, 2.05) is 14.1 Å². The number of rotatable bonds is 5. The fourth-order valence-electron chi connectivity index (χ4n) is 1.74. The Morgan fingerprint density at radius 3 is 2.29 bits per heavy atom. The lowest BCUT2D eigenvalue weighted by molar-refractivity contribution is -0.131. The molecular formula is C12H23N3OS. The second kappa shape index (κ2) is 4.90. The van der Waals surface area contributed by atoms with Gasteiger partial charge in [0.2, 0.25) is 5.91 Å². The Morgan fingerprint density at radius 1 is 1.47 bits per heavy atom. The lowest BCUT2D eigenvalue weighted by Gasteiger charge is -2.40. The monoisotopic (exact) mass is 257 g/mol. The summed E-state index contributed by atoms with van der Waals surface area (Å²) in [6.07, 6.45) is 2.61. The number of carbonyl (C=O) groups excluding carboxylic acids is 1. The van der Waals surface area contributed by atoms with E-state index in [1.165, 1.54) is 0 Å². The van der Waals surface area contributed by atoms with Gasteiger partial charge in [0.05, 0.1) is 10.4 Å². The van der Waals surface area contributed by atoms with Gasteiger partial charge in [-0.2, -0.15) is 0 Å². The quantitative estimate of drug-likeness (QED) is 0.719. The summed E-state index contributed by atoms with van der Waals surface area (Å²) in [4.78, 5) is 14.6. The zero-order chi connectivity index (χ0) is 13.3. The van der Waals surface area contributed by atoms with E-state index in [9.17, 15) is 4.79 Å². The molecule has 0 atom stereocenters. The van der Waals surface area contributed by atoms with Crippen molar-refractivity contribution in [2.75, 3.05) is 20.6 Å². The molecule has 4 nitrogen and oxygen atoms in total. The van der Waals surface area contributed by atoms with Crippen molar-refractivity contribution in [3.05, 3.63) is 0 Å². The van der Waals surface area contributed by atoms with E-state index < -0.39 is 5.41 Å². The lowest BCUT2D eigenvalue weighted by atomic mass is 9.68. The fraction of sp³-hybridized carbons (Fsp3) is 0.833. The van der Waals surface area contributed by atoms with Crippen LogP contribution in [0.1, 0.15) is 33.1 Å². The Hall–Kier alpha value is -0.680. The number of nitrogens with zero attached hydrogens (tertiary/aromatic N) is 1. The molecule has 0 aromatic heterocycles. The SMILES string of the molecule is CN(C)C(C)(C)CNC(=O)C1(C(N)=S)CCC1. The number of likely N-dealkylation sites (N-methyl/N-ethyl adjacent to an activating group) is 1. The number of thiocarbonyl (C=S) groups is 1. The van der Waals surface area contributed by atoms with Crippen LogP contribution >= 0.6 is 12.2 Å². The Kier molecular flexibility index (Phi) is 4.15. The van der Waals surface area contributed by atoms with Crippen molar-refractivity contribution in [1.29, 1.82) is 0 Å². The van der Waals surface area contributed by atoms with Crippen LogP contribution in [0.15, 0.2) is 0 Å². The van der Waals surface area contributed by atoms with E-state index in [1.54, 1.807) is 0 Å². The first-order valence-corrected chi connectivity index (χ1v) is 6.39. The predicted octanol–water partition coefficient (Wildman–Crippen LogP) is 0.899. The largest absolute Gasteiger partial charge is 0.392 e. The fourth-order valence-corrected chi connectivity index (χ4v) is 2.04. The standard InChI is InChI=1S/C12H23N3OS/c1-11(2,15(3)4)8-14-10(16)12(9(13)17)6-5-7-12/h5-8H2,1-4H3,(H2,13,17)(H,14,16). The topological polar surface area (TPSA) is 58.4 Å². The van der Waals surface area contributed by atoms with Crippen molar-refractivity contribution < 1.29 is 4.79 Å². The van der Waals surface area contributed by atoms with Crippen LogP contribution in [0.5, 0.6) is 0 Å². The van der Waals surface area contributed by atoms with Crippen LogP contribution in [0.25, 0.3) is 0 Å². The van der Waals surface area contributed by atoms with Gasteiger partial charge in [0, 0.05) is 12.1 Å². The average molecular weight is 257 g/mol. The summed E-state index contributed by atoms with van der Waals surface area (Å²) in [5.74, 6) is -0.00817. The number of nitrogens with one attached hydrogen (secondary N) is 1. The van der Waals surface area contributed by atoms with Gasteiger partial charge in [-0.05, 0) is 40.8 Å². The second-order valence-corrected chi connectivity index (χ2v) is 6.13. The first kappa shape index (κ1) is 14.4. The number of amides is 1. The van der Waals surface area contributed by atoms with Gasteiger partial charge in [-0.3, -0.25) is 4.79 Å². The number of hydrogen-bond donors (Lipinski definition) is 2. The summed E-state index contributed by atoms with van der Waals surface area (Å²) in [6.45, 7) is 4.77. The molecule has 17 heavy (non-hydrogen) atoms. The molecule has 3 N–H and O–H groups in total. The van der Waals surface area contributed by atoms with Gasteiger partial charge < -0.3 is 16.0 Å². The molecule has 0 unspecified atom stereocenters. The highest BCUT2D eigenvalue weighted by molar-refractivity contribution is 7.80. The van der Waals surface area contributed by atoms with E-state index in [-0.39, 0.29) is 11.4 Å². The summed E-state index contributed by atoms with van der Waals surface area (Å²) in [6, 6.07) is 0. The Morgan fingerprint density at radius 2 is 2.00 bits per heavy atom. The van der Waals surface area contributed by atoms with E-state index in [2.05, 4.69) is 24.1 Å². The third-order valence-corrected chi connectivity index (χ3v) is 4.40. The van der Waals surface area contributed by atoms with Crippen molar-refractivity contribution in [1.82, 2.24) is 10.2 Å². The number of hydrogen-bond acceptors (Lipinski definition) is 3. The van der Waals surface area contributed by atoms with Crippen molar-refractivity contribution in [3.63, 3.8) is 0 Å². The molecule has 1 saturated carbocycles. The molecule has 1 aliphatic carbocycles. The van der Waals surface area contributed by atoms with Gasteiger partial charge in [-0.1, -0.05) is 18.6 Å². The molecule has 0 bridgehead atoms. The summed E-state index contributed by atoms with van der Waals surface area (Å²) in [5, 5.41) is 2.98. The molecule has 1 fully saturated rings. The predicted molar refractivity (Wildman–Crippen MR) is 73.8 cm³/mol. The van der Waals surface area contributed by atoms with Crippen LogP contribution in [0.3, 0.4) is 0 Å². The van der Waals surface area contributed by atoms with E-state index in [4.69, 9.17) is 18.0 Å². The van der Waals surface area contributed by atoms with Gasteiger partial charge >= 0.3 is 0 Å². The Labute approximate surface area is 109 Å². The third kappa shape index (κ3) is 2.77. The molecule has 1 rings (SSSR count). The minimum atomic E-state index is -0.572. The maximum atomic E-state index is 12.2. The molecule has 1 amide bonds. The van der Waals surface area contributed by atoms with Gasteiger partial charge in [0.15, 0.2) is 0 Å². The smallest absolute Gasteiger partial charge is 0.233 e. The normalized spacial score (nSPS) is 18.6. The molecule has 98 valence electrons. The highest BCUT2D eigenvalue weighted by Crippen LogP contribution is 2.41. The highest BCUT2D eigenvalue weighted by Gasteiger charge is 2.47. The van der Waals surface area contributed by atoms with Crippen LogP contribution < -0.4 is 11.1 Å². The third-order valence-electron chi connectivity index (χ3n) is 4.01. The molecule has 0 aromatic carbocycles. The van der Waals surface area contributed by atoms with Crippen molar-refractivity contribution in [2.24, 2.45) is 11.1 Å². The van der Waals surface area contributed by atoms with Gasteiger partial charge in [0.1, 0.15) is 0 Å². The van der Waals surface area contributed by atoms with Crippen molar-refractivity contribution in [2.45, 2.75) is 38.6 Å². The van der Waals surface area contributed by atoms with Crippen molar-refractivity contribution in [3.8, 4) is 0 Å². The molecule has 0 aliphatic heterocycles. The first-order valence-electron chi connectivity index (χ1n) is 5.98. The van der Waals surface area contributed by atoms with E-state index in [0.29, 0.717) is 11.5 Å². The molecule has 0 aromatic rings. The number of carbonyl (C=O) groups is 1. The van der Waals surface area contributed by atoms with Crippen LogP contribution in [0.2, 0.25) is 0 Å². The summed E-state index contributed by atoms with van der Waals surface area (Å²) in [5.41, 5.74) is 5.05. The second-order valence-electron chi connectivity index (χ2n) is 5.69. The zero-order valence-electron chi connectivity index (χ0n) is 11.2. The minimum absolute atomic E-state index is 0.00817. The molecule has 0 spiro atoms. The van der Waals surface area contributed by atoms with Gasteiger partial charge in [0.25, 0.3) is 0 Å². The summed E-state index contributed by atoms with van der Waals surface area (Å²) >= 11 is 5.02. The first-order chi connectivity index (χ1) is 7.72. The average Bonchev–Trinajstić information content (AvgIpc) is 2.12. The highest BCUT2D eigenvalue weighted by atomic mass is 32.1.